The zero-order chi connectivity index (χ0) is 14.5. The van der Waals surface area contributed by atoms with E-state index in [1.807, 2.05) is 12.1 Å². The van der Waals surface area contributed by atoms with Crippen LogP contribution in [0.3, 0.4) is 0 Å². The van der Waals surface area contributed by atoms with Crippen LogP contribution in [0.2, 0.25) is 0 Å². The third kappa shape index (κ3) is 3.95. The van der Waals surface area contributed by atoms with Crippen molar-refractivity contribution in [2.24, 2.45) is 5.92 Å². The van der Waals surface area contributed by atoms with Gasteiger partial charge in [-0.3, -0.25) is 4.79 Å². The predicted octanol–water partition coefficient (Wildman–Crippen LogP) is 3.76. The Kier molecular flexibility index (Phi) is 5.40. The molecule has 1 fully saturated rings. The van der Waals surface area contributed by atoms with Gasteiger partial charge in [0.05, 0.1) is 12.8 Å². The second kappa shape index (κ2) is 7.07. The number of methoxy groups -OCH3 is 1. The van der Waals surface area contributed by atoms with Gasteiger partial charge in [-0.05, 0) is 43.4 Å². The van der Waals surface area contributed by atoms with Crippen molar-refractivity contribution < 1.29 is 13.9 Å². The van der Waals surface area contributed by atoms with Gasteiger partial charge in [0.25, 0.3) is 0 Å². The number of esters is 1. The molecule has 0 saturated carbocycles. The maximum Gasteiger partial charge on any atom is 0.305 e. The van der Waals surface area contributed by atoms with E-state index in [0.717, 1.165) is 36.8 Å². The molecule has 0 atom stereocenters. The topological polar surface area (TPSA) is 29.5 Å². The lowest BCUT2D eigenvalue weighted by atomic mass is 9.92. The van der Waals surface area contributed by atoms with Gasteiger partial charge in [-0.1, -0.05) is 15.9 Å². The molecule has 0 aromatic heterocycles. The minimum Gasteiger partial charge on any atom is -0.469 e. The Morgan fingerprint density at radius 3 is 2.75 bits per heavy atom. The Balaban J connectivity index is 1.86. The van der Waals surface area contributed by atoms with Crippen molar-refractivity contribution in [1.29, 1.82) is 0 Å². The molecule has 1 aromatic carbocycles. The molecule has 0 amide bonds. The monoisotopic (exact) mass is 343 g/mol. The molecule has 0 spiro atoms. The zero-order valence-corrected chi connectivity index (χ0v) is 13.2. The molecule has 2 rings (SSSR count). The summed E-state index contributed by atoms with van der Waals surface area (Å²) in [5.41, 5.74) is 0.666. The lowest BCUT2D eigenvalue weighted by Gasteiger charge is -2.33. The van der Waals surface area contributed by atoms with Gasteiger partial charge in [-0.2, -0.15) is 0 Å². The molecule has 1 saturated heterocycles. The van der Waals surface area contributed by atoms with Crippen molar-refractivity contribution in [2.75, 3.05) is 25.1 Å². The van der Waals surface area contributed by atoms with Gasteiger partial charge in [-0.25, -0.2) is 4.39 Å². The summed E-state index contributed by atoms with van der Waals surface area (Å²) in [5.74, 6) is 0.197. The first-order valence-electron chi connectivity index (χ1n) is 6.87. The lowest BCUT2D eigenvalue weighted by Crippen LogP contribution is -2.34. The third-order valence-corrected chi connectivity index (χ3v) is 4.34. The molecule has 0 N–H and O–H groups in total. The van der Waals surface area contributed by atoms with Gasteiger partial charge in [0.1, 0.15) is 5.82 Å². The summed E-state index contributed by atoms with van der Waals surface area (Å²) in [7, 11) is 1.42. The summed E-state index contributed by atoms with van der Waals surface area (Å²) in [6.45, 7) is 1.68. The molecule has 0 bridgehead atoms. The van der Waals surface area contributed by atoms with Gasteiger partial charge in [-0.15, -0.1) is 0 Å². The second-order valence-corrected chi connectivity index (χ2v) is 6.06. The number of halogens is 2. The predicted molar refractivity (Wildman–Crippen MR) is 80.3 cm³/mol. The summed E-state index contributed by atoms with van der Waals surface area (Å²) in [4.78, 5) is 13.2. The van der Waals surface area contributed by atoms with Crippen molar-refractivity contribution >= 4 is 27.6 Å². The van der Waals surface area contributed by atoms with Crippen LogP contribution >= 0.6 is 15.9 Å². The number of nitrogens with zero attached hydrogens (tertiary/aromatic N) is 1. The first-order valence-corrected chi connectivity index (χ1v) is 7.66. The van der Waals surface area contributed by atoms with E-state index >= 15 is 0 Å². The molecule has 3 nitrogen and oxygen atoms in total. The third-order valence-electron chi connectivity index (χ3n) is 3.85. The zero-order valence-electron chi connectivity index (χ0n) is 11.6. The SMILES string of the molecule is COC(=O)CCC1CCN(c2ccc(Br)cc2F)CC1. The molecule has 0 radical (unpaired) electrons. The van der Waals surface area contributed by atoms with Crippen LogP contribution in [-0.2, 0) is 9.53 Å². The number of anilines is 1. The molecule has 5 heteroatoms. The number of hydrogen-bond acceptors (Lipinski definition) is 3. The summed E-state index contributed by atoms with van der Waals surface area (Å²) in [6.07, 6.45) is 3.33. The highest BCUT2D eigenvalue weighted by Crippen LogP contribution is 2.29. The highest BCUT2D eigenvalue weighted by atomic mass is 79.9. The van der Waals surface area contributed by atoms with Crippen molar-refractivity contribution in [1.82, 2.24) is 0 Å². The smallest absolute Gasteiger partial charge is 0.305 e. The molecule has 0 aliphatic carbocycles. The first kappa shape index (κ1) is 15.3. The van der Waals surface area contributed by atoms with Gasteiger partial charge in [0, 0.05) is 24.0 Å². The van der Waals surface area contributed by atoms with Crippen LogP contribution in [0.1, 0.15) is 25.7 Å². The Morgan fingerprint density at radius 2 is 2.15 bits per heavy atom. The van der Waals surface area contributed by atoms with Crippen molar-refractivity contribution in [3.63, 3.8) is 0 Å². The minimum atomic E-state index is -0.188. The minimum absolute atomic E-state index is 0.147. The Labute approximate surface area is 127 Å². The fourth-order valence-electron chi connectivity index (χ4n) is 2.62. The lowest BCUT2D eigenvalue weighted by molar-refractivity contribution is -0.141. The molecule has 110 valence electrons. The van der Waals surface area contributed by atoms with E-state index in [9.17, 15) is 9.18 Å². The fourth-order valence-corrected chi connectivity index (χ4v) is 2.96. The highest BCUT2D eigenvalue weighted by Gasteiger charge is 2.21. The van der Waals surface area contributed by atoms with E-state index in [0.29, 0.717) is 18.0 Å². The van der Waals surface area contributed by atoms with Gasteiger partial charge in [0.15, 0.2) is 0 Å². The fraction of sp³-hybridized carbons (Fsp3) is 0.533. The molecular weight excluding hydrogens is 325 g/mol. The van der Waals surface area contributed by atoms with E-state index in [1.165, 1.54) is 13.2 Å². The number of piperidine rings is 1. The van der Waals surface area contributed by atoms with E-state index < -0.39 is 0 Å². The quantitative estimate of drug-likeness (QED) is 0.779. The van der Waals surface area contributed by atoms with E-state index in [4.69, 9.17) is 0 Å². The second-order valence-electron chi connectivity index (χ2n) is 5.14. The highest BCUT2D eigenvalue weighted by molar-refractivity contribution is 9.10. The van der Waals surface area contributed by atoms with Gasteiger partial charge >= 0.3 is 5.97 Å². The van der Waals surface area contributed by atoms with Crippen molar-refractivity contribution in [2.45, 2.75) is 25.7 Å². The molecule has 1 aromatic rings. The maximum absolute atomic E-state index is 13.9. The van der Waals surface area contributed by atoms with Crippen molar-refractivity contribution in [3.8, 4) is 0 Å². The maximum atomic E-state index is 13.9. The largest absolute Gasteiger partial charge is 0.469 e. The number of rotatable bonds is 4. The van der Waals surface area contributed by atoms with Gasteiger partial charge in [0.2, 0.25) is 0 Å². The van der Waals surface area contributed by atoms with E-state index in [-0.39, 0.29) is 11.8 Å². The Morgan fingerprint density at radius 1 is 1.45 bits per heavy atom. The average Bonchev–Trinajstić information content (AvgIpc) is 2.45. The number of carbonyl (C=O) groups is 1. The summed E-state index contributed by atoms with van der Waals surface area (Å²) in [6, 6.07) is 5.18. The van der Waals surface area contributed by atoms with Gasteiger partial charge < -0.3 is 9.64 Å². The first-order chi connectivity index (χ1) is 9.60. The van der Waals surface area contributed by atoms with E-state index in [1.54, 1.807) is 0 Å². The Bertz CT molecular complexity index is 473. The number of benzene rings is 1. The molecule has 1 aliphatic rings. The van der Waals surface area contributed by atoms with Crippen LogP contribution < -0.4 is 4.90 Å². The number of ether oxygens (including phenoxy) is 1. The molecule has 20 heavy (non-hydrogen) atoms. The number of carbonyl (C=O) groups excluding carboxylic acids is 1. The summed E-state index contributed by atoms with van der Waals surface area (Å²) >= 11 is 3.27. The summed E-state index contributed by atoms with van der Waals surface area (Å²) in [5, 5.41) is 0. The van der Waals surface area contributed by atoms with Crippen molar-refractivity contribution in [3.05, 3.63) is 28.5 Å². The molecular formula is C15H19BrFNO2. The van der Waals surface area contributed by atoms with Crippen LogP contribution in [0.5, 0.6) is 0 Å². The summed E-state index contributed by atoms with van der Waals surface area (Å²) < 4.78 is 19.3. The van der Waals surface area contributed by atoms with Crippen LogP contribution in [0.4, 0.5) is 10.1 Å². The van der Waals surface area contributed by atoms with Crippen LogP contribution in [0.25, 0.3) is 0 Å². The molecule has 0 unspecified atom stereocenters. The Hall–Kier alpha value is -1.10. The van der Waals surface area contributed by atoms with E-state index in [2.05, 4.69) is 25.6 Å². The number of hydrogen-bond donors (Lipinski definition) is 0. The average molecular weight is 344 g/mol. The normalized spacial score (nSPS) is 16.2. The van der Waals surface area contributed by atoms with Crippen LogP contribution in [0, 0.1) is 11.7 Å². The van der Waals surface area contributed by atoms with Crippen LogP contribution in [0.15, 0.2) is 22.7 Å². The standard InChI is InChI=1S/C15H19BrFNO2/c1-20-15(19)5-2-11-6-8-18(9-7-11)14-4-3-12(16)10-13(14)17/h3-4,10-11H,2,5-9H2,1H3. The molecule has 1 heterocycles. The van der Waals surface area contributed by atoms with Crippen LogP contribution in [-0.4, -0.2) is 26.2 Å². The molecule has 1 aliphatic heterocycles.